The standard InChI is InChI=1S/C22H15Cl3N2O2S/c1-30(28,29)18-9-7-17(8-10-18)27-22(14-2-5-16(23)6-3-14)13-21(26-27)15-4-11-19(24)20(25)12-15/h2-13H,1H3. The second kappa shape index (κ2) is 8.08. The molecule has 0 fully saturated rings. The summed E-state index contributed by atoms with van der Waals surface area (Å²) in [6.07, 6.45) is 1.18. The SMILES string of the molecule is CS(=O)(=O)c1ccc(-n2nc(-c3ccc(Cl)c(Cl)c3)cc2-c2ccc(Cl)cc2)cc1. The highest BCUT2D eigenvalue weighted by atomic mass is 35.5. The Bertz CT molecular complexity index is 1330. The maximum absolute atomic E-state index is 11.8. The lowest BCUT2D eigenvalue weighted by atomic mass is 10.1. The van der Waals surface area contributed by atoms with Crippen LogP contribution in [0.25, 0.3) is 28.2 Å². The maximum atomic E-state index is 11.8. The van der Waals surface area contributed by atoms with Gasteiger partial charge in [0.1, 0.15) is 0 Å². The normalized spacial score (nSPS) is 11.6. The summed E-state index contributed by atoms with van der Waals surface area (Å²) in [6.45, 7) is 0. The lowest BCUT2D eigenvalue weighted by Gasteiger charge is -2.08. The molecule has 4 rings (SSSR count). The molecule has 0 radical (unpaired) electrons. The van der Waals surface area contributed by atoms with Crippen LogP contribution in [0.1, 0.15) is 0 Å². The molecule has 0 unspecified atom stereocenters. The quantitative estimate of drug-likeness (QED) is 0.334. The van der Waals surface area contributed by atoms with Crippen molar-refractivity contribution in [2.45, 2.75) is 4.90 Å². The molecule has 0 spiro atoms. The summed E-state index contributed by atoms with van der Waals surface area (Å²) < 4.78 is 25.3. The average molecular weight is 478 g/mol. The molecule has 0 saturated heterocycles. The van der Waals surface area contributed by atoms with E-state index in [0.717, 1.165) is 22.5 Å². The highest BCUT2D eigenvalue weighted by Gasteiger charge is 2.15. The fourth-order valence-electron chi connectivity index (χ4n) is 3.04. The van der Waals surface area contributed by atoms with Gasteiger partial charge in [-0.25, -0.2) is 13.1 Å². The Morgan fingerprint density at radius 1 is 0.767 bits per heavy atom. The zero-order valence-electron chi connectivity index (χ0n) is 15.7. The van der Waals surface area contributed by atoms with Crippen molar-refractivity contribution in [1.82, 2.24) is 9.78 Å². The Balaban J connectivity index is 1.88. The summed E-state index contributed by atoms with van der Waals surface area (Å²) in [5.74, 6) is 0. The van der Waals surface area contributed by atoms with E-state index in [1.807, 2.05) is 24.3 Å². The van der Waals surface area contributed by atoms with E-state index in [-0.39, 0.29) is 4.90 Å². The first-order valence-electron chi connectivity index (χ1n) is 8.84. The minimum atomic E-state index is -3.29. The Morgan fingerprint density at radius 2 is 1.40 bits per heavy atom. The molecule has 30 heavy (non-hydrogen) atoms. The van der Waals surface area contributed by atoms with Crippen molar-refractivity contribution in [3.8, 4) is 28.2 Å². The van der Waals surface area contributed by atoms with Gasteiger partial charge < -0.3 is 0 Å². The van der Waals surface area contributed by atoms with Gasteiger partial charge in [-0.2, -0.15) is 5.10 Å². The molecule has 0 aliphatic carbocycles. The largest absolute Gasteiger partial charge is 0.232 e. The molecular formula is C22H15Cl3N2O2S. The van der Waals surface area contributed by atoms with Crippen LogP contribution in [0.15, 0.2) is 77.7 Å². The maximum Gasteiger partial charge on any atom is 0.175 e. The Hall–Kier alpha value is -2.31. The minimum absolute atomic E-state index is 0.246. The Morgan fingerprint density at radius 3 is 2.00 bits per heavy atom. The third-order valence-corrected chi connectivity index (χ3v) is 6.69. The van der Waals surface area contributed by atoms with Crippen LogP contribution in [0.3, 0.4) is 0 Å². The molecule has 0 amide bonds. The van der Waals surface area contributed by atoms with Crippen LogP contribution >= 0.6 is 34.8 Å². The van der Waals surface area contributed by atoms with Crippen molar-refractivity contribution >= 4 is 44.6 Å². The van der Waals surface area contributed by atoms with Crippen molar-refractivity contribution in [3.05, 3.63) is 87.9 Å². The van der Waals surface area contributed by atoms with E-state index in [4.69, 9.17) is 39.9 Å². The zero-order valence-corrected chi connectivity index (χ0v) is 18.8. The van der Waals surface area contributed by atoms with Crippen molar-refractivity contribution in [3.63, 3.8) is 0 Å². The number of hydrogen-bond acceptors (Lipinski definition) is 3. The zero-order chi connectivity index (χ0) is 21.5. The van der Waals surface area contributed by atoms with Gasteiger partial charge in [0.05, 0.1) is 32.0 Å². The molecule has 4 nitrogen and oxygen atoms in total. The summed E-state index contributed by atoms with van der Waals surface area (Å²) in [5, 5.41) is 6.28. The summed E-state index contributed by atoms with van der Waals surface area (Å²) in [5.41, 5.74) is 3.96. The number of halogens is 3. The van der Waals surface area contributed by atoms with Gasteiger partial charge in [-0.15, -0.1) is 0 Å². The van der Waals surface area contributed by atoms with E-state index in [0.29, 0.717) is 20.8 Å². The first-order valence-corrected chi connectivity index (χ1v) is 11.9. The summed E-state index contributed by atoms with van der Waals surface area (Å²) in [4.78, 5) is 0.246. The Kier molecular flexibility index (Phi) is 5.64. The van der Waals surface area contributed by atoms with Gasteiger partial charge >= 0.3 is 0 Å². The molecule has 0 N–H and O–H groups in total. The topological polar surface area (TPSA) is 52.0 Å². The van der Waals surface area contributed by atoms with Gasteiger partial charge in [0.25, 0.3) is 0 Å². The molecule has 8 heteroatoms. The van der Waals surface area contributed by atoms with E-state index in [1.165, 1.54) is 6.26 Å². The third-order valence-electron chi connectivity index (χ3n) is 4.57. The van der Waals surface area contributed by atoms with E-state index in [2.05, 4.69) is 0 Å². The second-order valence-electron chi connectivity index (χ2n) is 6.73. The molecule has 3 aromatic carbocycles. The molecule has 0 saturated carbocycles. The molecule has 1 heterocycles. The van der Waals surface area contributed by atoms with Gasteiger partial charge in [-0.3, -0.25) is 0 Å². The monoisotopic (exact) mass is 476 g/mol. The molecule has 0 atom stereocenters. The van der Waals surface area contributed by atoms with Gasteiger partial charge in [0, 0.05) is 22.4 Å². The van der Waals surface area contributed by atoms with E-state index >= 15 is 0 Å². The lowest BCUT2D eigenvalue weighted by molar-refractivity contribution is 0.602. The van der Waals surface area contributed by atoms with Crippen LogP contribution in [0.2, 0.25) is 15.1 Å². The van der Waals surface area contributed by atoms with Crippen LogP contribution in [0.5, 0.6) is 0 Å². The van der Waals surface area contributed by atoms with Gasteiger partial charge in [-0.1, -0.05) is 53.0 Å². The number of nitrogens with zero attached hydrogens (tertiary/aromatic N) is 2. The smallest absolute Gasteiger partial charge is 0.175 e. The van der Waals surface area contributed by atoms with Crippen molar-refractivity contribution in [2.24, 2.45) is 0 Å². The van der Waals surface area contributed by atoms with Gasteiger partial charge in [0.2, 0.25) is 0 Å². The highest BCUT2D eigenvalue weighted by Crippen LogP contribution is 2.32. The predicted molar refractivity (Wildman–Crippen MR) is 123 cm³/mol. The number of benzene rings is 3. The lowest BCUT2D eigenvalue weighted by Crippen LogP contribution is -2.01. The highest BCUT2D eigenvalue weighted by molar-refractivity contribution is 7.90. The van der Waals surface area contributed by atoms with Gasteiger partial charge in [0.15, 0.2) is 9.84 Å². The van der Waals surface area contributed by atoms with Crippen LogP contribution < -0.4 is 0 Å². The minimum Gasteiger partial charge on any atom is -0.232 e. The number of hydrogen-bond donors (Lipinski definition) is 0. The molecular weight excluding hydrogens is 463 g/mol. The van der Waals surface area contributed by atoms with E-state index < -0.39 is 9.84 Å². The number of rotatable bonds is 4. The van der Waals surface area contributed by atoms with E-state index in [9.17, 15) is 8.42 Å². The van der Waals surface area contributed by atoms with E-state index in [1.54, 1.807) is 53.2 Å². The molecule has 1 aromatic heterocycles. The van der Waals surface area contributed by atoms with Crippen molar-refractivity contribution in [1.29, 1.82) is 0 Å². The molecule has 0 bridgehead atoms. The first-order chi connectivity index (χ1) is 14.2. The molecule has 0 aliphatic rings. The fraction of sp³-hybridized carbons (Fsp3) is 0.0455. The summed E-state index contributed by atoms with van der Waals surface area (Å²) >= 11 is 18.3. The van der Waals surface area contributed by atoms with Crippen LogP contribution in [0.4, 0.5) is 0 Å². The second-order valence-corrected chi connectivity index (χ2v) is 10.00. The van der Waals surface area contributed by atoms with Gasteiger partial charge in [-0.05, 0) is 54.6 Å². The summed E-state index contributed by atoms with van der Waals surface area (Å²) in [6, 6.07) is 21.3. The van der Waals surface area contributed by atoms with Crippen LogP contribution in [-0.4, -0.2) is 24.5 Å². The van der Waals surface area contributed by atoms with Crippen molar-refractivity contribution < 1.29 is 8.42 Å². The Labute approximate surface area is 189 Å². The molecule has 4 aromatic rings. The van der Waals surface area contributed by atoms with Crippen LogP contribution in [-0.2, 0) is 9.84 Å². The first kappa shape index (κ1) is 20.9. The fourth-order valence-corrected chi connectivity index (χ4v) is 4.09. The molecule has 152 valence electrons. The summed E-state index contributed by atoms with van der Waals surface area (Å²) in [7, 11) is -3.29. The predicted octanol–water partition coefficient (Wildman–Crippen LogP) is 6.57. The molecule has 0 aliphatic heterocycles. The third kappa shape index (κ3) is 4.25. The average Bonchev–Trinajstić information content (AvgIpc) is 3.15. The van der Waals surface area contributed by atoms with Crippen molar-refractivity contribution in [2.75, 3.05) is 6.26 Å². The van der Waals surface area contributed by atoms with Crippen LogP contribution in [0, 0.1) is 0 Å². The number of aromatic nitrogens is 2. The number of sulfone groups is 1.